The highest BCUT2D eigenvalue weighted by Crippen LogP contribution is 2.17. The van der Waals surface area contributed by atoms with Crippen LogP contribution in [-0.2, 0) is 19.1 Å². The van der Waals surface area contributed by atoms with Crippen molar-refractivity contribution in [2.24, 2.45) is 5.73 Å². The van der Waals surface area contributed by atoms with Crippen LogP contribution in [0.3, 0.4) is 0 Å². The number of carbonyl (C=O) groups is 3. The summed E-state index contributed by atoms with van der Waals surface area (Å²) >= 11 is 0. The number of carbonyl (C=O) groups excluding carboxylic acids is 2. The zero-order valence-electron chi connectivity index (χ0n) is 36.5. The highest BCUT2D eigenvalue weighted by molar-refractivity contribution is 5.83. The number of hydrogen-bond acceptors (Lipinski definition) is 5. The van der Waals surface area contributed by atoms with Crippen molar-refractivity contribution in [1.29, 1.82) is 0 Å². The minimum Gasteiger partial charge on any atom is -0.480 e. The lowest BCUT2D eigenvalue weighted by Crippen LogP contribution is -2.40. The Morgan fingerprint density at radius 1 is 0.536 bits per heavy atom. The van der Waals surface area contributed by atoms with E-state index in [-0.39, 0.29) is 18.0 Å². The molecule has 0 aliphatic rings. The van der Waals surface area contributed by atoms with Gasteiger partial charge in [0.05, 0.1) is 0 Å². The van der Waals surface area contributed by atoms with Crippen LogP contribution in [0.5, 0.6) is 0 Å². The molecule has 0 radical (unpaired) electrons. The Hall–Kier alpha value is -2.67. The van der Waals surface area contributed by atoms with Crippen molar-refractivity contribution in [3.63, 3.8) is 0 Å². The number of hydrogen-bond donors (Lipinski definition) is 3. The van der Waals surface area contributed by atoms with E-state index in [1.54, 1.807) is 0 Å². The van der Waals surface area contributed by atoms with Crippen LogP contribution < -0.4 is 11.1 Å². The maximum Gasteiger partial charge on any atom is 0.326 e. The summed E-state index contributed by atoms with van der Waals surface area (Å²) in [7, 11) is 0. The van der Waals surface area contributed by atoms with Crippen molar-refractivity contribution in [3.05, 3.63) is 48.6 Å². The summed E-state index contributed by atoms with van der Waals surface area (Å²) < 4.78 is 5.95. The molecule has 0 aliphatic heterocycles. The van der Waals surface area contributed by atoms with E-state index in [1.165, 1.54) is 109 Å². The van der Waals surface area contributed by atoms with Gasteiger partial charge in [0.15, 0.2) is 0 Å². The van der Waals surface area contributed by atoms with E-state index in [0.29, 0.717) is 32.2 Å². The topological polar surface area (TPSA) is 119 Å². The van der Waals surface area contributed by atoms with E-state index in [2.05, 4.69) is 67.8 Å². The summed E-state index contributed by atoms with van der Waals surface area (Å²) in [6, 6.07) is -0.868. The molecule has 0 aromatic rings. The molecule has 2 unspecified atom stereocenters. The molecule has 1 amide bonds. The lowest BCUT2D eigenvalue weighted by molar-refractivity contribution is -0.147. The van der Waals surface area contributed by atoms with Crippen LogP contribution in [0.2, 0.25) is 0 Å². The van der Waals surface area contributed by atoms with Crippen molar-refractivity contribution in [2.45, 2.75) is 238 Å². The Labute approximate surface area is 345 Å². The zero-order chi connectivity index (χ0) is 41.0. The van der Waals surface area contributed by atoms with Gasteiger partial charge in [-0.2, -0.15) is 0 Å². The molecule has 0 aromatic heterocycles. The van der Waals surface area contributed by atoms with Crippen LogP contribution >= 0.6 is 0 Å². The summed E-state index contributed by atoms with van der Waals surface area (Å²) in [5.74, 6) is -1.33. The quantitative estimate of drug-likeness (QED) is 0.0322. The van der Waals surface area contributed by atoms with E-state index < -0.39 is 12.0 Å². The molecular weight excluding hydrogens is 697 g/mol. The number of ether oxygens (including phenoxy) is 1. The molecule has 7 heteroatoms. The highest BCUT2D eigenvalue weighted by Gasteiger charge is 2.19. The molecule has 0 spiro atoms. The van der Waals surface area contributed by atoms with Gasteiger partial charge in [-0.05, 0) is 76.8 Å². The Morgan fingerprint density at radius 3 is 1.43 bits per heavy atom. The first-order valence-corrected chi connectivity index (χ1v) is 23.5. The molecule has 324 valence electrons. The van der Waals surface area contributed by atoms with Gasteiger partial charge in [0.25, 0.3) is 0 Å². The predicted molar refractivity (Wildman–Crippen MR) is 239 cm³/mol. The second kappa shape index (κ2) is 43.5. The minimum atomic E-state index is -1.01. The Balaban J connectivity index is 4.30. The molecule has 0 bridgehead atoms. The van der Waals surface area contributed by atoms with Gasteiger partial charge in [0.1, 0.15) is 12.1 Å². The van der Waals surface area contributed by atoms with Crippen LogP contribution in [-0.4, -0.2) is 41.6 Å². The summed E-state index contributed by atoms with van der Waals surface area (Å²) in [5, 5.41) is 11.9. The number of aliphatic carboxylic acids is 1. The number of carboxylic acids is 1. The molecule has 0 saturated heterocycles. The minimum absolute atomic E-state index is 0.0958. The van der Waals surface area contributed by atoms with Gasteiger partial charge in [-0.1, -0.05) is 191 Å². The molecule has 56 heavy (non-hydrogen) atoms. The van der Waals surface area contributed by atoms with Crippen molar-refractivity contribution in [2.75, 3.05) is 6.54 Å². The molecule has 0 heterocycles. The van der Waals surface area contributed by atoms with Crippen LogP contribution in [0.25, 0.3) is 0 Å². The molecule has 0 fully saturated rings. The van der Waals surface area contributed by atoms with Crippen molar-refractivity contribution in [1.82, 2.24) is 5.32 Å². The SMILES string of the molecule is CC/C=C\C/C=C\C/C=C\C/C=C\C(CCCCCCCC(=O)NC(CCCN)C(=O)O)OC(=O)CCCCCCCCCCCCCCCCCCCCC. The summed E-state index contributed by atoms with van der Waals surface area (Å²) in [5.41, 5.74) is 5.48. The number of unbranched alkanes of at least 4 members (excludes halogenated alkanes) is 22. The van der Waals surface area contributed by atoms with Gasteiger partial charge in [-0.15, -0.1) is 0 Å². The van der Waals surface area contributed by atoms with Crippen LogP contribution in [0.4, 0.5) is 0 Å². The zero-order valence-corrected chi connectivity index (χ0v) is 36.5. The largest absolute Gasteiger partial charge is 0.480 e. The van der Waals surface area contributed by atoms with E-state index in [1.807, 2.05) is 0 Å². The third kappa shape index (κ3) is 39.6. The number of rotatable bonds is 42. The number of esters is 1. The normalized spacial score (nSPS) is 13.1. The van der Waals surface area contributed by atoms with E-state index >= 15 is 0 Å². The first kappa shape index (κ1) is 53.3. The monoisotopic (exact) mass is 785 g/mol. The molecule has 0 aromatic carbocycles. The summed E-state index contributed by atoms with van der Waals surface area (Å²) in [4.78, 5) is 36.4. The van der Waals surface area contributed by atoms with E-state index in [4.69, 9.17) is 10.5 Å². The Kier molecular flexibility index (Phi) is 41.4. The number of nitrogens with two attached hydrogens (primary N) is 1. The van der Waals surface area contributed by atoms with Crippen molar-refractivity contribution in [3.8, 4) is 0 Å². The van der Waals surface area contributed by atoms with Gasteiger partial charge in [0.2, 0.25) is 5.91 Å². The maximum absolute atomic E-state index is 12.8. The van der Waals surface area contributed by atoms with E-state index in [0.717, 1.165) is 77.0 Å². The lowest BCUT2D eigenvalue weighted by atomic mass is 10.0. The summed E-state index contributed by atoms with van der Waals surface area (Å²) in [6.45, 7) is 4.83. The third-order valence-corrected chi connectivity index (χ3v) is 10.4. The number of nitrogens with one attached hydrogen (secondary N) is 1. The van der Waals surface area contributed by atoms with Crippen LogP contribution in [0, 0.1) is 0 Å². The second-order valence-electron chi connectivity index (χ2n) is 15.8. The van der Waals surface area contributed by atoms with Crippen molar-refractivity contribution >= 4 is 17.8 Å². The van der Waals surface area contributed by atoms with Gasteiger partial charge in [-0.25, -0.2) is 4.79 Å². The second-order valence-corrected chi connectivity index (χ2v) is 15.8. The molecule has 0 saturated carbocycles. The number of carboxylic acid groups (broad SMARTS) is 1. The highest BCUT2D eigenvalue weighted by atomic mass is 16.5. The van der Waals surface area contributed by atoms with Gasteiger partial charge < -0.3 is 20.9 Å². The Morgan fingerprint density at radius 2 is 0.964 bits per heavy atom. The van der Waals surface area contributed by atoms with Crippen molar-refractivity contribution < 1.29 is 24.2 Å². The first-order valence-electron chi connectivity index (χ1n) is 23.5. The molecular formula is C49H88N2O5. The smallest absolute Gasteiger partial charge is 0.326 e. The Bertz CT molecular complexity index is 1020. The molecule has 2 atom stereocenters. The van der Waals surface area contributed by atoms with Gasteiger partial charge in [-0.3, -0.25) is 9.59 Å². The van der Waals surface area contributed by atoms with Gasteiger partial charge in [0, 0.05) is 12.8 Å². The van der Waals surface area contributed by atoms with E-state index in [9.17, 15) is 19.5 Å². The lowest BCUT2D eigenvalue weighted by Gasteiger charge is -2.15. The molecule has 4 N–H and O–H groups in total. The van der Waals surface area contributed by atoms with Crippen LogP contribution in [0.15, 0.2) is 48.6 Å². The van der Waals surface area contributed by atoms with Crippen LogP contribution in [0.1, 0.15) is 226 Å². The number of allylic oxidation sites excluding steroid dienone is 7. The molecule has 0 aliphatic carbocycles. The fourth-order valence-electron chi connectivity index (χ4n) is 6.89. The predicted octanol–water partition coefficient (Wildman–Crippen LogP) is 13.6. The van der Waals surface area contributed by atoms with Gasteiger partial charge >= 0.3 is 11.9 Å². The maximum atomic E-state index is 12.8. The fraction of sp³-hybridized carbons (Fsp3) is 0.776. The number of amides is 1. The third-order valence-electron chi connectivity index (χ3n) is 10.4. The summed E-state index contributed by atoms with van der Waals surface area (Å²) in [6.07, 6.45) is 53.3. The standard InChI is InChI=1S/C49H88N2O5/c1-3-5-7-9-11-13-15-16-17-18-19-20-21-22-24-26-28-33-37-43-48(53)56-45(39-34-30-27-25-23-14-12-10-8-6-4-2)40-35-31-29-32-36-42-47(52)51-46(49(54)55)41-38-44-50/h6,8,12,14,25,27,34,39,45-46H,3-5,7,9-11,13,15-24,26,28-33,35-38,40-44,50H2,1-2H3,(H,51,52)(H,54,55)/b8-6-,14-12-,27-25-,39-34-. The molecule has 7 nitrogen and oxygen atoms in total. The average molecular weight is 785 g/mol. The fourth-order valence-corrected chi connectivity index (χ4v) is 6.89. The molecule has 0 rings (SSSR count). The average Bonchev–Trinajstić information content (AvgIpc) is 3.18. The first-order chi connectivity index (χ1) is 27.4.